The summed E-state index contributed by atoms with van der Waals surface area (Å²) >= 11 is 0. The number of hydrogen-bond acceptors (Lipinski definition) is 6. The number of epoxide rings is 1. The summed E-state index contributed by atoms with van der Waals surface area (Å²) in [5.74, 6) is -2.10. The van der Waals surface area contributed by atoms with Gasteiger partial charge in [-0.15, -0.1) is 0 Å². The summed E-state index contributed by atoms with van der Waals surface area (Å²) in [4.78, 5) is 24.5. The van der Waals surface area contributed by atoms with Gasteiger partial charge >= 0.3 is 0 Å². The number of aliphatic hydroxyl groups excluding tert-OH is 2. The van der Waals surface area contributed by atoms with E-state index in [9.17, 15) is 24.9 Å². The molecule has 0 spiro atoms. The Kier molecular flexibility index (Phi) is 5.81. The molecule has 2 aliphatic carbocycles. The zero-order chi connectivity index (χ0) is 18.9. The molecule has 7 nitrogen and oxygen atoms in total. The number of allylic oxidation sites excluding steroid dienone is 1. The zero-order valence-electron chi connectivity index (χ0n) is 15.1. The maximum atomic E-state index is 12.4. The molecular formula is C19H29NO6. The van der Waals surface area contributed by atoms with E-state index in [1.54, 1.807) is 6.08 Å². The van der Waals surface area contributed by atoms with E-state index in [-0.39, 0.29) is 12.3 Å². The monoisotopic (exact) mass is 367 g/mol. The highest BCUT2D eigenvalue weighted by Gasteiger charge is 2.72. The van der Waals surface area contributed by atoms with Crippen LogP contribution in [0.3, 0.4) is 0 Å². The minimum atomic E-state index is -1.74. The lowest BCUT2D eigenvalue weighted by atomic mass is 9.64. The molecular weight excluding hydrogens is 338 g/mol. The summed E-state index contributed by atoms with van der Waals surface area (Å²) in [6.45, 7) is 2.16. The fraction of sp³-hybridized carbons (Fsp3) is 0.789. The van der Waals surface area contributed by atoms with Crippen molar-refractivity contribution in [3.8, 4) is 0 Å². The molecule has 0 radical (unpaired) electrons. The fourth-order valence-corrected chi connectivity index (χ4v) is 4.26. The molecule has 0 aromatic heterocycles. The van der Waals surface area contributed by atoms with E-state index < -0.39 is 47.8 Å². The highest BCUT2D eigenvalue weighted by Crippen LogP contribution is 2.50. The summed E-state index contributed by atoms with van der Waals surface area (Å²) < 4.78 is 5.24. The third kappa shape index (κ3) is 3.58. The number of ether oxygens (including phenoxy) is 1. The minimum Gasteiger partial charge on any atom is -0.390 e. The van der Waals surface area contributed by atoms with Crippen LogP contribution in [0, 0.1) is 5.92 Å². The summed E-state index contributed by atoms with van der Waals surface area (Å²) in [5.41, 5.74) is -1.74. The molecule has 1 aliphatic heterocycles. The second kappa shape index (κ2) is 7.76. The average Bonchev–Trinajstić information content (AvgIpc) is 3.40. The van der Waals surface area contributed by atoms with E-state index in [4.69, 9.17) is 4.74 Å². The molecule has 3 fully saturated rings. The van der Waals surface area contributed by atoms with E-state index >= 15 is 0 Å². The number of hydrogen-bond donors (Lipinski definition) is 4. The predicted molar refractivity (Wildman–Crippen MR) is 93.2 cm³/mol. The Balaban J connectivity index is 1.52. The summed E-state index contributed by atoms with van der Waals surface area (Å²) in [7, 11) is 0. The van der Waals surface area contributed by atoms with Gasteiger partial charge in [-0.3, -0.25) is 9.59 Å². The molecule has 1 amide bonds. The second-order valence-electron chi connectivity index (χ2n) is 7.74. The largest absolute Gasteiger partial charge is 0.390 e. The molecule has 146 valence electrons. The van der Waals surface area contributed by atoms with Crippen LogP contribution in [0.4, 0.5) is 0 Å². The van der Waals surface area contributed by atoms with Gasteiger partial charge in [0.05, 0.1) is 24.2 Å². The first-order valence-electron chi connectivity index (χ1n) is 9.65. The van der Waals surface area contributed by atoms with Crippen molar-refractivity contribution in [3.63, 3.8) is 0 Å². The minimum absolute atomic E-state index is 0.103. The molecule has 0 aromatic rings. The van der Waals surface area contributed by atoms with Crippen LogP contribution in [0.15, 0.2) is 12.2 Å². The molecule has 2 bridgehead atoms. The predicted octanol–water partition coefficient (Wildman–Crippen LogP) is 0.211. The Morgan fingerprint density at radius 2 is 2.00 bits per heavy atom. The van der Waals surface area contributed by atoms with Crippen LogP contribution < -0.4 is 5.32 Å². The number of unbranched alkanes of at least 4 members (excludes halogenated alkanes) is 5. The Labute approximate surface area is 153 Å². The number of Topliss-reactive ketones (excluding diaryl/α,β-unsaturated/α-hetero) is 1. The van der Waals surface area contributed by atoms with Crippen molar-refractivity contribution in [2.24, 2.45) is 5.92 Å². The van der Waals surface area contributed by atoms with Gasteiger partial charge in [-0.1, -0.05) is 38.7 Å². The molecule has 4 N–H and O–H groups in total. The van der Waals surface area contributed by atoms with Gasteiger partial charge in [-0.05, 0) is 18.9 Å². The van der Waals surface area contributed by atoms with Crippen molar-refractivity contribution in [1.29, 1.82) is 0 Å². The highest BCUT2D eigenvalue weighted by molar-refractivity contribution is 5.94. The molecule has 0 aromatic carbocycles. The van der Waals surface area contributed by atoms with Gasteiger partial charge in [0, 0.05) is 6.42 Å². The Morgan fingerprint density at radius 1 is 1.27 bits per heavy atom. The fourth-order valence-electron chi connectivity index (χ4n) is 4.26. The summed E-state index contributed by atoms with van der Waals surface area (Å²) in [5, 5.41) is 33.9. The van der Waals surface area contributed by atoms with Crippen molar-refractivity contribution in [1.82, 2.24) is 5.32 Å². The molecule has 26 heavy (non-hydrogen) atoms. The zero-order valence-corrected chi connectivity index (χ0v) is 15.1. The summed E-state index contributed by atoms with van der Waals surface area (Å²) in [6, 6.07) is -0.802. The van der Waals surface area contributed by atoms with Gasteiger partial charge < -0.3 is 25.4 Å². The lowest BCUT2D eigenvalue weighted by Gasteiger charge is -2.46. The molecule has 3 aliphatic rings. The Morgan fingerprint density at radius 3 is 2.73 bits per heavy atom. The second-order valence-corrected chi connectivity index (χ2v) is 7.74. The van der Waals surface area contributed by atoms with Crippen molar-refractivity contribution >= 4 is 11.7 Å². The average molecular weight is 367 g/mol. The quantitative estimate of drug-likeness (QED) is 0.277. The van der Waals surface area contributed by atoms with Crippen molar-refractivity contribution in [2.45, 2.75) is 87.9 Å². The number of carbonyl (C=O) groups is 2. The maximum absolute atomic E-state index is 12.4. The molecule has 1 heterocycles. The van der Waals surface area contributed by atoms with E-state index in [1.807, 2.05) is 0 Å². The first-order valence-corrected chi connectivity index (χ1v) is 9.65. The van der Waals surface area contributed by atoms with Crippen LogP contribution in [-0.4, -0.2) is 63.1 Å². The lowest BCUT2D eigenvalue weighted by Crippen LogP contribution is -2.69. The third-order valence-electron chi connectivity index (χ3n) is 5.81. The van der Waals surface area contributed by atoms with Gasteiger partial charge in [0.1, 0.15) is 12.2 Å². The van der Waals surface area contributed by atoms with Crippen LogP contribution in [0.1, 0.15) is 51.9 Å². The Hall–Kier alpha value is -1.28. The van der Waals surface area contributed by atoms with Gasteiger partial charge in [0.2, 0.25) is 5.91 Å². The lowest BCUT2D eigenvalue weighted by molar-refractivity contribution is -0.171. The number of nitrogens with one attached hydrogen (secondary N) is 1. The normalized spacial score (nSPS) is 41.2. The molecule has 1 saturated heterocycles. The molecule has 7 atom stereocenters. The third-order valence-corrected chi connectivity index (χ3v) is 5.81. The van der Waals surface area contributed by atoms with E-state index in [1.165, 1.54) is 25.3 Å². The summed E-state index contributed by atoms with van der Waals surface area (Å²) in [6.07, 6.45) is 5.97. The van der Waals surface area contributed by atoms with Gasteiger partial charge in [0.15, 0.2) is 11.4 Å². The number of amides is 1. The SMILES string of the molecule is CCCCCCC/C=C/C(=O)N[C@H]1C[C@@]2(O)C(=O)[C@H]([C@@H](O)[C@@H]3O[C@@H]32)[C@@H]1O. The number of ketones is 1. The van der Waals surface area contributed by atoms with E-state index in [0.717, 1.165) is 19.3 Å². The van der Waals surface area contributed by atoms with Crippen molar-refractivity contribution in [2.75, 3.05) is 0 Å². The van der Waals surface area contributed by atoms with E-state index in [2.05, 4.69) is 12.2 Å². The topological polar surface area (TPSA) is 119 Å². The van der Waals surface area contributed by atoms with Crippen molar-refractivity contribution < 1.29 is 29.6 Å². The van der Waals surface area contributed by atoms with E-state index in [0.29, 0.717) is 0 Å². The van der Waals surface area contributed by atoms with Gasteiger partial charge in [-0.25, -0.2) is 0 Å². The maximum Gasteiger partial charge on any atom is 0.243 e. The number of rotatable bonds is 8. The first-order chi connectivity index (χ1) is 12.4. The smallest absolute Gasteiger partial charge is 0.243 e. The van der Waals surface area contributed by atoms with Crippen LogP contribution >= 0.6 is 0 Å². The van der Waals surface area contributed by atoms with Crippen LogP contribution in [0.5, 0.6) is 0 Å². The number of fused-ring (bicyclic) bond motifs is 4. The Bertz CT molecular complexity index is 578. The molecule has 3 rings (SSSR count). The standard InChI is InChI=1S/C19H29NO6/c1-2-3-4-5-6-7-8-9-12(21)20-11-10-19(25)17(24)13(14(11)22)15(23)16-18(19)26-16/h8-9,11,13-16,18,22-23,25H,2-7,10H2,1H3,(H,20,21)/b9-8+/t11-,13-,14+,15+,16-,18-,19+/m0/s1. The number of carbonyl (C=O) groups excluding carboxylic acids is 2. The van der Waals surface area contributed by atoms with Gasteiger partial charge in [-0.2, -0.15) is 0 Å². The molecule has 7 heteroatoms. The van der Waals surface area contributed by atoms with Crippen LogP contribution in [0.25, 0.3) is 0 Å². The molecule has 0 unspecified atom stereocenters. The van der Waals surface area contributed by atoms with Gasteiger partial charge in [0.25, 0.3) is 0 Å². The van der Waals surface area contributed by atoms with Crippen LogP contribution in [-0.2, 0) is 14.3 Å². The molecule has 2 saturated carbocycles. The van der Waals surface area contributed by atoms with Crippen molar-refractivity contribution in [3.05, 3.63) is 12.2 Å². The number of aliphatic hydroxyl groups is 3. The van der Waals surface area contributed by atoms with Crippen LogP contribution in [0.2, 0.25) is 0 Å². The first kappa shape index (κ1) is 19.5. The highest BCUT2D eigenvalue weighted by atomic mass is 16.6.